The Kier molecular flexibility index (Phi) is 5.11. The van der Waals surface area contributed by atoms with Crippen LogP contribution < -0.4 is 0 Å². The van der Waals surface area contributed by atoms with Gasteiger partial charge in [-0.2, -0.15) is 5.26 Å². The molecule has 106 valence electrons. The van der Waals surface area contributed by atoms with Crippen molar-refractivity contribution in [2.75, 3.05) is 6.54 Å². The molecule has 1 amide bonds. The minimum absolute atomic E-state index is 0.0332. The first-order valence-electron chi connectivity index (χ1n) is 6.97. The van der Waals surface area contributed by atoms with Gasteiger partial charge in [0, 0.05) is 18.7 Å². The highest BCUT2D eigenvalue weighted by Gasteiger charge is 2.15. The Balaban J connectivity index is 2.17. The maximum Gasteiger partial charge on any atom is 0.254 e. The Labute approximate surface area is 125 Å². The van der Waals surface area contributed by atoms with Crippen LogP contribution >= 0.6 is 0 Å². The fourth-order valence-corrected chi connectivity index (χ4v) is 2.12. The highest BCUT2D eigenvalue weighted by Crippen LogP contribution is 2.11. The molecule has 0 aliphatic heterocycles. The summed E-state index contributed by atoms with van der Waals surface area (Å²) in [6.45, 7) is 2.96. The molecule has 2 aromatic rings. The summed E-state index contributed by atoms with van der Waals surface area (Å²) < 4.78 is 0. The monoisotopic (exact) mass is 278 g/mol. The molecule has 0 aliphatic carbocycles. The van der Waals surface area contributed by atoms with Gasteiger partial charge in [0.25, 0.3) is 5.91 Å². The van der Waals surface area contributed by atoms with Gasteiger partial charge in [-0.3, -0.25) is 4.79 Å². The van der Waals surface area contributed by atoms with E-state index in [1.54, 1.807) is 4.90 Å². The van der Waals surface area contributed by atoms with E-state index in [-0.39, 0.29) is 5.91 Å². The molecule has 0 spiro atoms. The number of rotatable bonds is 5. The van der Waals surface area contributed by atoms with Gasteiger partial charge in [0.1, 0.15) is 0 Å². The average molecular weight is 278 g/mol. The number of nitriles is 1. The van der Waals surface area contributed by atoms with Crippen LogP contribution in [-0.4, -0.2) is 17.4 Å². The van der Waals surface area contributed by atoms with Crippen molar-refractivity contribution in [2.45, 2.75) is 19.9 Å². The van der Waals surface area contributed by atoms with E-state index in [1.165, 1.54) is 0 Å². The lowest BCUT2D eigenvalue weighted by Gasteiger charge is -2.22. The Morgan fingerprint density at radius 1 is 1.10 bits per heavy atom. The van der Waals surface area contributed by atoms with Gasteiger partial charge in [-0.25, -0.2) is 0 Å². The molecule has 21 heavy (non-hydrogen) atoms. The van der Waals surface area contributed by atoms with E-state index in [0.717, 1.165) is 11.1 Å². The minimum Gasteiger partial charge on any atom is -0.333 e. The van der Waals surface area contributed by atoms with Crippen molar-refractivity contribution in [2.24, 2.45) is 0 Å². The topological polar surface area (TPSA) is 44.1 Å². The summed E-state index contributed by atoms with van der Waals surface area (Å²) >= 11 is 0. The van der Waals surface area contributed by atoms with Crippen LogP contribution in [0.15, 0.2) is 54.6 Å². The SMILES string of the molecule is Cc1ccc(C(=O)N(CCC#N)Cc2ccccc2)cc1. The Morgan fingerprint density at radius 2 is 1.76 bits per heavy atom. The molecule has 3 nitrogen and oxygen atoms in total. The van der Waals surface area contributed by atoms with Crippen molar-refractivity contribution < 1.29 is 4.79 Å². The fourth-order valence-electron chi connectivity index (χ4n) is 2.12. The highest BCUT2D eigenvalue weighted by molar-refractivity contribution is 5.94. The number of amides is 1. The molecule has 0 aromatic heterocycles. The van der Waals surface area contributed by atoms with Crippen molar-refractivity contribution in [1.82, 2.24) is 4.90 Å². The molecule has 3 heteroatoms. The predicted molar refractivity (Wildman–Crippen MR) is 82.6 cm³/mol. The van der Waals surface area contributed by atoms with Gasteiger partial charge in [-0.1, -0.05) is 48.0 Å². The third-order valence-electron chi connectivity index (χ3n) is 3.30. The largest absolute Gasteiger partial charge is 0.333 e. The summed E-state index contributed by atoms with van der Waals surface area (Å²) in [6.07, 6.45) is 0.338. The maximum absolute atomic E-state index is 12.6. The number of carbonyl (C=O) groups excluding carboxylic acids is 1. The average Bonchev–Trinajstić information content (AvgIpc) is 2.52. The zero-order valence-corrected chi connectivity index (χ0v) is 12.1. The molecule has 2 aromatic carbocycles. The molecule has 2 rings (SSSR count). The first-order chi connectivity index (χ1) is 10.2. The van der Waals surface area contributed by atoms with E-state index in [1.807, 2.05) is 61.5 Å². The van der Waals surface area contributed by atoms with Gasteiger partial charge in [0.2, 0.25) is 0 Å². The molecule has 0 N–H and O–H groups in total. The quantitative estimate of drug-likeness (QED) is 0.839. The summed E-state index contributed by atoms with van der Waals surface area (Å²) in [7, 11) is 0. The minimum atomic E-state index is -0.0332. The molecule has 0 aliphatic rings. The number of nitrogens with zero attached hydrogens (tertiary/aromatic N) is 2. The van der Waals surface area contributed by atoms with E-state index >= 15 is 0 Å². The Bertz CT molecular complexity index is 627. The number of hydrogen-bond donors (Lipinski definition) is 0. The van der Waals surface area contributed by atoms with Crippen LogP contribution in [0.2, 0.25) is 0 Å². The van der Waals surface area contributed by atoms with E-state index in [0.29, 0.717) is 25.1 Å². The fraction of sp³-hybridized carbons (Fsp3) is 0.222. The lowest BCUT2D eigenvalue weighted by Crippen LogP contribution is -2.31. The first-order valence-corrected chi connectivity index (χ1v) is 6.97. The molecule has 0 radical (unpaired) electrons. The maximum atomic E-state index is 12.6. The van der Waals surface area contributed by atoms with Gasteiger partial charge < -0.3 is 4.90 Å². The Morgan fingerprint density at radius 3 is 2.38 bits per heavy atom. The molecular weight excluding hydrogens is 260 g/mol. The standard InChI is InChI=1S/C18H18N2O/c1-15-8-10-17(11-9-15)18(21)20(13-5-12-19)14-16-6-3-2-4-7-16/h2-4,6-11H,5,13-14H2,1H3. The van der Waals surface area contributed by atoms with Crippen molar-refractivity contribution in [1.29, 1.82) is 5.26 Å². The van der Waals surface area contributed by atoms with Crippen LogP contribution in [0.1, 0.15) is 27.9 Å². The van der Waals surface area contributed by atoms with Crippen LogP contribution in [0.3, 0.4) is 0 Å². The lowest BCUT2D eigenvalue weighted by atomic mass is 10.1. The summed E-state index contributed by atoms with van der Waals surface area (Å²) in [4.78, 5) is 14.3. The molecular formula is C18H18N2O. The second-order valence-corrected chi connectivity index (χ2v) is 4.99. The third-order valence-corrected chi connectivity index (χ3v) is 3.30. The summed E-state index contributed by atoms with van der Waals surface area (Å²) in [5.74, 6) is -0.0332. The summed E-state index contributed by atoms with van der Waals surface area (Å²) in [6, 6.07) is 19.5. The zero-order chi connectivity index (χ0) is 15.1. The third kappa shape index (κ3) is 4.19. The van der Waals surface area contributed by atoms with E-state index < -0.39 is 0 Å². The molecule has 0 fully saturated rings. The molecule has 0 saturated carbocycles. The van der Waals surface area contributed by atoms with Gasteiger partial charge in [0.15, 0.2) is 0 Å². The van der Waals surface area contributed by atoms with Gasteiger partial charge >= 0.3 is 0 Å². The smallest absolute Gasteiger partial charge is 0.254 e. The molecule has 0 bridgehead atoms. The number of aryl methyl sites for hydroxylation is 1. The van der Waals surface area contributed by atoms with Gasteiger partial charge in [0.05, 0.1) is 12.5 Å². The van der Waals surface area contributed by atoms with Crippen LogP contribution in [0.4, 0.5) is 0 Å². The van der Waals surface area contributed by atoms with E-state index in [2.05, 4.69) is 6.07 Å². The molecule has 0 saturated heterocycles. The zero-order valence-electron chi connectivity index (χ0n) is 12.1. The van der Waals surface area contributed by atoms with Gasteiger partial charge in [-0.05, 0) is 24.6 Å². The van der Waals surface area contributed by atoms with Crippen molar-refractivity contribution in [3.05, 3.63) is 71.3 Å². The molecule has 0 atom stereocenters. The number of carbonyl (C=O) groups is 1. The normalized spacial score (nSPS) is 9.90. The molecule has 0 unspecified atom stereocenters. The van der Waals surface area contributed by atoms with Crippen molar-refractivity contribution in [3.63, 3.8) is 0 Å². The second kappa shape index (κ2) is 7.25. The Hall–Kier alpha value is -2.60. The lowest BCUT2D eigenvalue weighted by molar-refractivity contribution is 0.0747. The number of benzene rings is 2. The van der Waals surface area contributed by atoms with E-state index in [9.17, 15) is 4.79 Å². The van der Waals surface area contributed by atoms with E-state index in [4.69, 9.17) is 5.26 Å². The number of hydrogen-bond acceptors (Lipinski definition) is 2. The van der Waals surface area contributed by atoms with Crippen molar-refractivity contribution >= 4 is 5.91 Å². The summed E-state index contributed by atoms with van der Waals surface area (Å²) in [5, 5.41) is 8.78. The molecule has 0 heterocycles. The predicted octanol–water partition coefficient (Wildman–Crippen LogP) is 3.55. The highest BCUT2D eigenvalue weighted by atomic mass is 16.2. The summed E-state index contributed by atoms with van der Waals surface area (Å²) in [5.41, 5.74) is 2.85. The van der Waals surface area contributed by atoms with Crippen LogP contribution in [-0.2, 0) is 6.54 Å². The van der Waals surface area contributed by atoms with Gasteiger partial charge in [-0.15, -0.1) is 0 Å². The van der Waals surface area contributed by atoms with Crippen LogP contribution in [0, 0.1) is 18.3 Å². The van der Waals surface area contributed by atoms with Crippen LogP contribution in [0.25, 0.3) is 0 Å². The van der Waals surface area contributed by atoms with Crippen molar-refractivity contribution in [3.8, 4) is 6.07 Å². The second-order valence-electron chi connectivity index (χ2n) is 4.99. The van der Waals surface area contributed by atoms with Crippen LogP contribution in [0.5, 0.6) is 0 Å². The first kappa shape index (κ1) is 14.8.